The number of rotatable bonds is 2. The van der Waals surface area contributed by atoms with Gasteiger partial charge in [0, 0.05) is 4.91 Å². The molecule has 0 aliphatic heterocycles. The van der Waals surface area contributed by atoms with Crippen LogP contribution in [0.1, 0.15) is 6.92 Å². The molecule has 0 aliphatic rings. The zero-order chi connectivity index (χ0) is 6.57. The highest BCUT2D eigenvalue weighted by molar-refractivity contribution is 8.07. The Balaban J connectivity index is 3.71. The van der Waals surface area contributed by atoms with Gasteiger partial charge >= 0.3 is 0 Å². The molecule has 1 nitrogen and oxygen atoms in total. The van der Waals surface area contributed by atoms with Gasteiger partial charge in [-0.15, -0.1) is 0 Å². The smallest absolute Gasteiger partial charge is 0.138 e. The van der Waals surface area contributed by atoms with Gasteiger partial charge in [-0.25, -0.2) is 0 Å². The topological polar surface area (TPSA) is 23.8 Å². The summed E-state index contributed by atoms with van der Waals surface area (Å²) in [6, 6.07) is 0. The van der Waals surface area contributed by atoms with Gasteiger partial charge < -0.3 is 0 Å². The largest absolute Gasteiger partial charge is 0.185 e. The standard InChI is InChI=1S/C6H7NS/c1-5(2)6(3)8-4-7/h1,3H2,2H3. The molecular weight excluding hydrogens is 118 g/mol. The van der Waals surface area contributed by atoms with E-state index in [1.165, 1.54) is 0 Å². The first kappa shape index (κ1) is 7.32. The molecule has 0 N–H and O–H groups in total. The van der Waals surface area contributed by atoms with Crippen molar-refractivity contribution in [2.45, 2.75) is 6.92 Å². The maximum atomic E-state index is 8.10. The fourth-order valence-electron chi connectivity index (χ4n) is 0.142. The molecule has 0 rings (SSSR count). The molecule has 2 heteroatoms. The Labute approximate surface area is 53.7 Å². The number of hydrogen-bond donors (Lipinski definition) is 0. The Kier molecular flexibility index (Phi) is 3.05. The molecule has 0 fully saturated rings. The van der Waals surface area contributed by atoms with Gasteiger partial charge in [-0.3, -0.25) is 0 Å². The predicted octanol–water partition coefficient (Wildman–Crippen LogP) is 2.29. The van der Waals surface area contributed by atoms with Crippen molar-refractivity contribution in [3.8, 4) is 5.40 Å². The number of thioether (sulfide) groups is 1. The van der Waals surface area contributed by atoms with Gasteiger partial charge in [0.1, 0.15) is 5.40 Å². The monoisotopic (exact) mass is 125 g/mol. The average Bonchev–Trinajstić information content (AvgIpc) is 1.67. The van der Waals surface area contributed by atoms with Crippen LogP contribution in [0.5, 0.6) is 0 Å². The second kappa shape index (κ2) is 3.34. The minimum absolute atomic E-state index is 0.743. The molecule has 0 bridgehead atoms. The van der Waals surface area contributed by atoms with Crippen molar-refractivity contribution < 1.29 is 0 Å². The van der Waals surface area contributed by atoms with E-state index in [2.05, 4.69) is 13.2 Å². The van der Waals surface area contributed by atoms with Crippen LogP contribution in [0.15, 0.2) is 23.6 Å². The summed E-state index contributed by atoms with van der Waals surface area (Å²) in [5.41, 5.74) is 0.858. The lowest BCUT2D eigenvalue weighted by molar-refractivity contribution is 1.54. The summed E-state index contributed by atoms with van der Waals surface area (Å²) >= 11 is 1.05. The molecule has 0 radical (unpaired) electrons. The highest BCUT2D eigenvalue weighted by Gasteiger charge is 1.90. The molecule has 0 amide bonds. The fourth-order valence-corrected chi connectivity index (χ4v) is 0.427. The first-order valence-electron chi connectivity index (χ1n) is 2.09. The summed E-state index contributed by atoms with van der Waals surface area (Å²) in [5, 5.41) is 10.0. The average molecular weight is 125 g/mol. The van der Waals surface area contributed by atoms with Crippen LogP contribution in [0.25, 0.3) is 0 Å². The Morgan fingerprint density at radius 2 is 2.12 bits per heavy atom. The molecular formula is C6H7NS. The number of nitrogens with zero attached hydrogens (tertiary/aromatic N) is 1. The molecule has 42 valence electrons. The van der Waals surface area contributed by atoms with Crippen molar-refractivity contribution in [2.24, 2.45) is 0 Å². The minimum Gasteiger partial charge on any atom is -0.185 e. The second-order valence-corrected chi connectivity index (χ2v) is 2.28. The van der Waals surface area contributed by atoms with Crippen LogP contribution < -0.4 is 0 Å². The first-order valence-corrected chi connectivity index (χ1v) is 2.91. The molecule has 0 aromatic heterocycles. The van der Waals surface area contributed by atoms with Crippen LogP contribution in [0.3, 0.4) is 0 Å². The highest BCUT2D eigenvalue weighted by atomic mass is 32.2. The summed E-state index contributed by atoms with van der Waals surface area (Å²) in [4.78, 5) is 0.743. The van der Waals surface area contributed by atoms with Crippen molar-refractivity contribution in [3.05, 3.63) is 23.6 Å². The zero-order valence-electron chi connectivity index (χ0n) is 4.77. The van der Waals surface area contributed by atoms with E-state index in [9.17, 15) is 0 Å². The van der Waals surface area contributed by atoms with E-state index in [4.69, 9.17) is 5.26 Å². The SMILES string of the molecule is C=C(C)C(=C)SC#N. The highest BCUT2D eigenvalue weighted by Crippen LogP contribution is 2.17. The summed E-state index contributed by atoms with van der Waals surface area (Å²) in [5.74, 6) is 0. The van der Waals surface area contributed by atoms with Crippen molar-refractivity contribution in [2.75, 3.05) is 0 Å². The number of thiocyanates is 1. The van der Waals surface area contributed by atoms with Gasteiger partial charge in [0.05, 0.1) is 0 Å². The van der Waals surface area contributed by atoms with Gasteiger partial charge in [-0.2, -0.15) is 5.26 Å². The maximum absolute atomic E-state index is 8.10. The Morgan fingerprint density at radius 3 is 2.25 bits per heavy atom. The van der Waals surface area contributed by atoms with Crippen LogP contribution in [-0.4, -0.2) is 0 Å². The molecule has 0 aromatic rings. The van der Waals surface area contributed by atoms with Gasteiger partial charge in [0.15, 0.2) is 0 Å². The van der Waals surface area contributed by atoms with E-state index in [0.717, 1.165) is 22.2 Å². The Bertz CT molecular complexity index is 152. The third-order valence-electron chi connectivity index (χ3n) is 0.645. The molecule has 0 spiro atoms. The van der Waals surface area contributed by atoms with E-state index < -0.39 is 0 Å². The van der Waals surface area contributed by atoms with E-state index in [1.807, 2.05) is 12.3 Å². The fraction of sp³-hybridized carbons (Fsp3) is 0.167. The lowest BCUT2D eigenvalue weighted by Gasteiger charge is -1.92. The van der Waals surface area contributed by atoms with E-state index >= 15 is 0 Å². The predicted molar refractivity (Wildman–Crippen MR) is 37.2 cm³/mol. The van der Waals surface area contributed by atoms with Crippen LogP contribution in [0, 0.1) is 10.7 Å². The molecule has 0 aromatic carbocycles. The van der Waals surface area contributed by atoms with Gasteiger partial charge in [-0.05, 0) is 24.3 Å². The molecule has 8 heavy (non-hydrogen) atoms. The molecule has 0 saturated heterocycles. The van der Waals surface area contributed by atoms with Gasteiger partial charge in [0.25, 0.3) is 0 Å². The van der Waals surface area contributed by atoms with Crippen molar-refractivity contribution in [3.63, 3.8) is 0 Å². The van der Waals surface area contributed by atoms with E-state index in [0.29, 0.717) is 0 Å². The molecule has 0 atom stereocenters. The molecule has 0 aliphatic carbocycles. The number of hydrogen-bond acceptors (Lipinski definition) is 2. The van der Waals surface area contributed by atoms with E-state index in [-0.39, 0.29) is 0 Å². The van der Waals surface area contributed by atoms with Crippen molar-refractivity contribution in [1.82, 2.24) is 0 Å². The number of allylic oxidation sites excluding steroid dienone is 1. The molecule has 0 heterocycles. The van der Waals surface area contributed by atoms with E-state index in [1.54, 1.807) is 0 Å². The Morgan fingerprint density at radius 1 is 1.62 bits per heavy atom. The molecule has 0 unspecified atom stereocenters. The summed E-state index contributed by atoms with van der Waals surface area (Å²) in [6.45, 7) is 9.01. The normalized spacial score (nSPS) is 7.50. The maximum Gasteiger partial charge on any atom is 0.138 e. The lowest BCUT2D eigenvalue weighted by Crippen LogP contribution is -1.69. The summed E-state index contributed by atoms with van der Waals surface area (Å²) in [6.07, 6.45) is 0. The molecule has 0 saturated carbocycles. The second-order valence-electron chi connectivity index (χ2n) is 1.40. The lowest BCUT2D eigenvalue weighted by atomic mass is 10.3. The summed E-state index contributed by atoms with van der Waals surface area (Å²) < 4.78 is 0. The van der Waals surface area contributed by atoms with Gasteiger partial charge in [-0.1, -0.05) is 13.2 Å². The van der Waals surface area contributed by atoms with Gasteiger partial charge in [0.2, 0.25) is 0 Å². The third kappa shape index (κ3) is 2.49. The first-order chi connectivity index (χ1) is 3.68. The van der Waals surface area contributed by atoms with Crippen LogP contribution in [0.2, 0.25) is 0 Å². The minimum atomic E-state index is 0.743. The number of nitriles is 1. The van der Waals surface area contributed by atoms with Crippen LogP contribution in [-0.2, 0) is 0 Å². The van der Waals surface area contributed by atoms with Crippen molar-refractivity contribution >= 4 is 11.8 Å². The zero-order valence-corrected chi connectivity index (χ0v) is 5.59. The van der Waals surface area contributed by atoms with Crippen LogP contribution >= 0.6 is 11.8 Å². The third-order valence-corrected chi connectivity index (χ3v) is 1.33. The van der Waals surface area contributed by atoms with Crippen LogP contribution in [0.4, 0.5) is 0 Å². The quantitative estimate of drug-likeness (QED) is 0.417. The van der Waals surface area contributed by atoms with Crippen molar-refractivity contribution in [1.29, 1.82) is 5.26 Å². The Hall–Kier alpha value is -0.680. The summed E-state index contributed by atoms with van der Waals surface area (Å²) in [7, 11) is 0.